The van der Waals surface area contributed by atoms with Crippen LogP contribution in [0.2, 0.25) is 0 Å². The van der Waals surface area contributed by atoms with Crippen LogP contribution in [0.4, 0.5) is 0 Å². The fourth-order valence-electron chi connectivity index (χ4n) is 4.81. The molecule has 3 N–H and O–H groups in total. The molecular weight excluding hydrogens is 418 g/mol. The Bertz CT molecular complexity index is 1130. The third kappa shape index (κ3) is 4.79. The zero-order valence-electron chi connectivity index (χ0n) is 18.9. The van der Waals surface area contributed by atoms with E-state index in [0.717, 1.165) is 37.1 Å². The number of aliphatic hydroxyl groups excluding tert-OH is 1. The molecule has 33 heavy (non-hydrogen) atoms. The van der Waals surface area contributed by atoms with Gasteiger partial charge in [-0.15, -0.1) is 0 Å². The number of nitrogens with zero attached hydrogens (tertiary/aromatic N) is 4. The van der Waals surface area contributed by atoms with Crippen molar-refractivity contribution in [2.24, 2.45) is 0 Å². The number of hydrogen-bond donors (Lipinski definition) is 3. The fourth-order valence-corrected chi connectivity index (χ4v) is 4.81. The molecule has 0 radical (unpaired) electrons. The number of piperidine rings is 1. The maximum absolute atomic E-state index is 12.1. The molecule has 5 rings (SSSR count). The third-order valence-electron chi connectivity index (χ3n) is 6.74. The van der Waals surface area contributed by atoms with Gasteiger partial charge in [-0.2, -0.15) is 0 Å². The number of carbonyl (C=O) groups is 1. The van der Waals surface area contributed by atoms with Gasteiger partial charge in [0.25, 0.3) is 5.91 Å². The van der Waals surface area contributed by atoms with Crippen LogP contribution in [0.1, 0.15) is 47.2 Å². The minimum atomic E-state index is -1.05. The van der Waals surface area contributed by atoms with Gasteiger partial charge >= 0.3 is 0 Å². The minimum absolute atomic E-state index is 0.00490. The van der Waals surface area contributed by atoms with E-state index in [1.54, 1.807) is 11.9 Å². The molecule has 8 heteroatoms. The van der Waals surface area contributed by atoms with E-state index in [0.29, 0.717) is 31.2 Å². The van der Waals surface area contributed by atoms with E-state index in [9.17, 15) is 15.0 Å². The number of carbonyl (C=O) groups excluding carboxylic acids is 1. The highest BCUT2D eigenvalue weighted by Gasteiger charge is 2.28. The van der Waals surface area contributed by atoms with Gasteiger partial charge in [0.05, 0.1) is 12.2 Å². The maximum atomic E-state index is 12.1. The van der Waals surface area contributed by atoms with E-state index < -0.39 is 5.60 Å². The Hall–Kier alpha value is -2.78. The van der Waals surface area contributed by atoms with Crippen LogP contribution in [0.15, 0.2) is 48.8 Å². The Morgan fingerprint density at radius 1 is 1.18 bits per heavy atom. The molecule has 1 atom stereocenters. The van der Waals surface area contributed by atoms with Crippen molar-refractivity contribution in [1.82, 2.24) is 24.9 Å². The number of benzene rings is 1. The molecule has 2 saturated heterocycles. The molecule has 8 nitrogen and oxygen atoms in total. The van der Waals surface area contributed by atoms with Crippen LogP contribution < -0.4 is 5.43 Å². The van der Waals surface area contributed by atoms with E-state index in [2.05, 4.69) is 38.2 Å². The van der Waals surface area contributed by atoms with Gasteiger partial charge in [0.2, 0.25) is 0 Å². The number of aliphatic hydroxyl groups is 2. The Labute approximate surface area is 193 Å². The summed E-state index contributed by atoms with van der Waals surface area (Å²) >= 11 is 0. The summed E-state index contributed by atoms with van der Waals surface area (Å²) in [5.41, 5.74) is 5.97. The molecule has 0 spiro atoms. The van der Waals surface area contributed by atoms with Gasteiger partial charge in [-0.1, -0.05) is 12.1 Å². The minimum Gasteiger partial charge on any atom is -0.393 e. The number of amides is 1. The van der Waals surface area contributed by atoms with Gasteiger partial charge in [-0.25, -0.2) is 10.4 Å². The molecule has 0 aliphatic carbocycles. The average Bonchev–Trinajstić information content (AvgIpc) is 3.60. The number of β-amino-alcohol motifs (C(OH)–C–C–N with tert-alkyl or cyclic N) is 1. The summed E-state index contributed by atoms with van der Waals surface area (Å²) in [6.07, 6.45) is 6.03. The first-order valence-corrected chi connectivity index (χ1v) is 11.6. The van der Waals surface area contributed by atoms with E-state index in [1.807, 2.05) is 30.5 Å². The lowest BCUT2D eigenvalue weighted by Crippen LogP contribution is -2.46. The van der Waals surface area contributed by atoms with Crippen molar-refractivity contribution in [3.05, 3.63) is 65.5 Å². The van der Waals surface area contributed by atoms with E-state index >= 15 is 0 Å². The first-order valence-electron chi connectivity index (χ1n) is 11.6. The van der Waals surface area contributed by atoms with E-state index in [-0.39, 0.29) is 12.5 Å². The molecule has 0 saturated carbocycles. The Balaban J connectivity index is 1.28. The molecule has 4 heterocycles. The molecule has 174 valence electrons. The highest BCUT2D eigenvalue weighted by Crippen LogP contribution is 2.33. The zero-order chi connectivity index (χ0) is 23.0. The summed E-state index contributed by atoms with van der Waals surface area (Å²) in [5.74, 6) is 0.461. The van der Waals surface area contributed by atoms with Crippen LogP contribution in [0.5, 0.6) is 0 Å². The zero-order valence-corrected chi connectivity index (χ0v) is 18.9. The van der Waals surface area contributed by atoms with Crippen molar-refractivity contribution >= 4 is 16.9 Å². The third-order valence-corrected chi connectivity index (χ3v) is 6.74. The quantitative estimate of drug-likeness (QED) is 0.476. The topological polar surface area (TPSA) is 104 Å². The van der Waals surface area contributed by atoms with E-state index in [4.69, 9.17) is 0 Å². The second-order valence-corrected chi connectivity index (χ2v) is 9.53. The van der Waals surface area contributed by atoms with Crippen LogP contribution in [0.3, 0.4) is 0 Å². The first-order chi connectivity index (χ1) is 15.9. The number of hydrazine groups is 1. The summed E-state index contributed by atoms with van der Waals surface area (Å²) in [6, 6.07) is 12.1. The van der Waals surface area contributed by atoms with Crippen molar-refractivity contribution in [2.45, 2.75) is 37.8 Å². The van der Waals surface area contributed by atoms with E-state index in [1.165, 1.54) is 10.9 Å². The molecule has 2 aliphatic rings. The second-order valence-electron chi connectivity index (χ2n) is 9.53. The van der Waals surface area contributed by atoms with Gasteiger partial charge in [0.1, 0.15) is 12.3 Å². The standard InChI is InChI=1S/C25H31N5O3/c1-25(33,16-31)15-28-11-7-19(8-12-28)21-6-10-26-23-22(21)9-13-29(23)14-18-2-4-20(5-3-18)24(32)30-17-27-30/h2-6,9-10,13,19,27,31,33H,7-8,11-12,14-17H2,1H3. The predicted octanol–water partition coefficient (Wildman–Crippen LogP) is 1.93. The lowest BCUT2D eigenvalue weighted by atomic mass is 9.88. The normalized spacial score (nSPS) is 19.1. The van der Waals surface area contributed by atoms with Gasteiger partial charge in [0, 0.05) is 36.4 Å². The van der Waals surface area contributed by atoms with Crippen LogP contribution in [-0.4, -0.2) is 74.1 Å². The summed E-state index contributed by atoms with van der Waals surface area (Å²) < 4.78 is 2.16. The monoisotopic (exact) mass is 449 g/mol. The molecule has 1 unspecified atom stereocenters. The van der Waals surface area contributed by atoms with Gasteiger partial charge < -0.3 is 19.7 Å². The predicted molar refractivity (Wildman–Crippen MR) is 126 cm³/mol. The molecule has 2 aliphatic heterocycles. The summed E-state index contributed by atoms with van der Waals surface area (Å²) in [4.78, 5) is 19.0. The van der Waals surface area contributed by atoms with Crippen LogP contribution >= 0.6 is 0 Å². The smallest absolute Gasteiger partial charge is 0.269 e. The largest absolute Gasteiger partial charge is 0.393 e. The lowest BCUT2D eigenvalue weighted by molar-refractivity contribution is -0.0296. The highest BCUT2D eigenvalue weighted by atomic mass is 16.3. The fraction of sp³-hybridized carbons (Fsp3) is 0.440. The number of pyridine rings is 1. The Morgan fingerprint density at radius 2 is 1.91 bits per heavy atom. The average molecular weight is 450 g/mol. The van der Waals surface area contributed by atoms with Crippen molar-refractivity contribution in [1.29, 1.82) is 0 Å². The molecule has 1 aromatic carbocycles. The number of fused-ring (bicyclic) bond motifs is 1. The number of nitrogens with one attached hydrogen (secondary N) is 1. The number of aromatic nitrogens is 2. The van der Waals surface area contributed by atoms with Crippen molar-refractivity contribution in [3.63, 3.8) is 0 Å². The van der Waals surface area contributed by atoms with Crippen LogP contribution in [0, 0.1) is 0 Å². The molecule has 3 aromatic rings. The van der Waals surface area contributed by atoms with Gasteiger partial charge in [-0.05, 0) is 74.2 Å². The van der Waals surface area contributed by atoms with Gasteiger partial charge in [0.15, 0.2) is 0 Å². The second kappa shape index (κ2) is 8.87. The molecule has 0 bridgehead atoms. The van der Waals surface area contributed by atoms with Gasteiger partial charge in [-0.3, -0.25) is 9.80 Å². The number of likely N-dealkylation sites (tertiary alicyclic amines) is 1. The molecule has 2 fully saturated rings. The Kier molecular flexibility index (Phi) is 5.92. The summed E-state index contributed by atoms with van der Waals surface area (Å²) in [5, 5.41) is 22.3. The van der Waals surface area contributed by atoms with Crippen molar-refractivity contribution in [3.8, 4) is 0 Å². The lowest BCUT2D eigenvalue weighted by Gasteiger charge is -2.36. The first kappa shape index (κ1) is 22.0. The molecule has 2 aromatic heterocycles. The molecular formula is C25H31N5O3. The molecule has 1 amide bonds. The number of hydrogen-bond acceptors (Lipinski definition) is 6. The summed E-state index contributed by atoms with van der Waals surface area (Å²) in [7, 11) is 0. The van der Waals surface area contributed by atoms with Crippen molar-refractivity contribution < 1.29 is 15.0 Å². The summed E-state index contributed by atoms with van der Waals surface area (Å²) in [6.45, 7) is 5.09. The van der Waals surface area contributed by atoms with Crippen molar-refractivity contribution in [2.75, 3.05) is 32.9 Å². The Morgan fingerprint density at radius 3 is 2.58 bits per heavy atom. The highest BCUT2D eigenvalue weighted by molar-refractivity contribution is 5.94. The van der Waals surface area contributed by atoms with Crippen LogP contribution in [0.25, 0.3) is 11.0 Å². The SMILES string of the molecule is CC(O)(CO)CN1CCC(c2ccnc3c2ccn3Cc2ccc(C(=O)N3CN3)cc2)CC1. The maximum Gasteiger partial charge on any atom is 0.269 e. The number of rotatable bonds is 7. The van der Waals surface area contributed by atoms with Crippen LogP contribution in [-0.2, 0) is 6.54 Å².